The highest BCUT2D eigenvalue weighted by molar-refractivity contribution is 9.10. The van der Waals surface area contributed by atoms with Crippen molar-refractivity contribution in [1.29, 1.82) is 0 Å². The molecule has 4 heteroatoms. The van der Waals surface area contributed by atoms with Gasteiger partial charge in [0.25, 0.3) is 5.91 Å². The fraction of sp³-hybridized carbons (Fsp3) is 0.188. The minimum Gasteiger partial charge on any atom is -0.381 e. The van der Waals surface area contributed by atoms with Crippen molar-refractivity contribution in [2.75, 3.05) is 12.4 Å². The number of hydrogen-bond donors (Lipinski definition) is 2. The lowest BCUT2D eigenvalue weighted by Crippen LogP contribution is -2.19. The van der Waals surface area contributed by atoms with E-state index in [9.17, 15) is 4.79 Å². The van der Waals surface area contributed by atoms with Gasteiger partial charge in [-0.15, -0.1) is 0 Å². The Kier molecular flexibility index (Phi) is 4.79. The highest BCUT2D eigenvalue weighted by Crippen LogP contribution is 2.20. The maximum atomic E-state index is 11.8. The summed E-state index contributed by atoms with van der Waals surface area (Å²) in [7, 11) is 1.64. The standard InChI is InChI=1S/C16H17BrN2O/c1-11-14(16(20)18-2)4-3-5-15(11)19-10-12-6-8-13(17)9-7-12/h3-9,19H,10H2,1-2H3,(H,18,20). The molecule has 0 saturated carbocycles. The normalized spacial score (nSPS) is 10.2. The average molecular weight is 333 g/mol. The molecule has 2 aromatic carbocycles. The van der Waals surface area contributed by atoms with E-state index in [0.29, 0.717) is 5.56 Å². The fourth-order valence-electron chi connectivity index (χ4n) is 2.01. The summed E-state index contributed by atoms with van der Waals surface area (Å²) >= 11 is 3.42. The van der Waals surface area contributed by atoms with Crippen LogP contribution in [-0.4, -0.2) is 13.0 Å². The minimum atomic E-state index is -0.0604. The first-order valence-corrected chi connectivity index (χ1v) is 7.21. The van der Waals surface area contributed by atoms with Crippen molar-refractivity contribution in [3.63, 3.8) is 0 Å². The van der Waals surface area contributed by atoms with Crippen LogP contribution in [0.25, 0.3) is 0 Å². The van der Waals surface area contributed by atoms with Crippen LogP contribution in [0.5, 0.6) is 0 Å². The number of carbonyl (C=O) groups excluding carboxylic acids is 1. The number of amides is 1. The van der Waals surface area contributed by atoms with Gasteiger partial charge < -0.3 is 10.6 Å². The quantitative estimate of drug-likeness (QED) is 0.895. The number of benzene rings is 2. The summed E-state index contributed by atoms with van der Waals surface area (Å²) in [6, 6.07) is 13.9. The second-order valence-electron chi connectivity index (χ2n) is 4.54. The number of nitrogens with one attached hydrogen (secondary N) is 2. The third-order valence-electron chi connectivity index (χ3n) is 3.20. The maximum Gasteiger partial charge on any atom is 0.251 e. The first-order valence-electron chi connectivity index (χ1n) is 6.42. The van der Waals surface area contributed by atoms with Gasteiger partial charge in [-0.3, -0.25) is 4.79 Å². The number of carbonyl (C=O) groups is 1. The molecule has 1 amide bonds. The second kappa shape index (κ2) is 6.57. The molecule has 0 atom stereocenters. The van der Waals surface area contributed by atoms with Crippen molar-refractivity contribution in [2.45, 2.75) is 13.5 Å². The van der Waals surface area contributed by atoms with Gasteiger partial charge in [0.1, 0.15) is 0 Å². The predicted molar refractivity (Wildman–Crippen MR) is 86.0 cm³/mol. The predicted octanol–water partition coefficient (Wildman–Crippen LogP) is 3.73. The van der Waals surface area contributed by atoms with Crippen LogP contribution in [0.2, 0.25) is 0 Å². The molecule has 0 aliphatic carbocycles. The number of hydrogen-bond acceptors (Lipinski definition) is 2. The molecule has 0 radical (unpaired) electrons. The van der Waals surface area contributed by atoms with Gasteiger partial charge in [-0.25, -0.2) is 0 Å². The van der Waals surface area contributed by atoms with Gasteiger partial charge >= 0.3 is 0 Å². The van der Waals surface area contributed by atoms with Gasteiger partial charge in [0.05, 0.1) is 0 Å². The van der Waals surface area contributed by atoms with E-state index in [1.165, 1.54) is 5.56 Å². The fourth-order valence-corrected chi connectivity index (χ4v) is 2.27. The maximum absolute atomic E-state index is 11.8. The highest BCUT2D eigenvalue weighted by atomic mass is 79.9. The van der Waals surface area contributed by atoms with Crippen molar-refractivity contribution in [3.05, 3.63) is 63.6 Å². The monoisotopic (exact) mass is 332 g/mol. The lowest BCUT2D eigenvalue weighted by atomic mass is 10.1. The van der Waals surface area contributed by atoms with E-state index < -0.39 is 0 Å². The van der Waals surface area contributed by atoms with Crippen molar-refractivity contribution in [1.82, 2.24) is 5.32 Å². The molecule has 2 aromatic rings. The summed E-state index contributed by atoms with van der Waals surface area (Å²) in [5.74, 6) is -0.0604. The lowest BCUT2D eigenvalue weighted by Gasteiger charge is -2.12. The summed E-state index contributed by atoms with van der Waals surface area (Å²) in [6.07, 6.45) is 0. The van der Waals surface area contributed by atoms with Gasteiger partial charge in [-0.2, -0.15) is 0 Å². The van der Waals surface area contributed by atoms with E-state index in [1.807, 2.05) is 37.3 Å². The third-order valence-corrected chi connectivity index (χ3v) is 3.73. The van der Waals surface area contributed by atoms with Crippen LogP contribution < -0.4 is 10.6 Å². The van der Waals surface area contributed by atoms with Gasteiger partial charge in [0.2, 0.25) is 0 Å². The molecule has 0 spiro atoms. The molecular weight excluding hydrogens is 316 g/mol. The second-order valence-corrected chi connectivity index (χ2v) is 5.45. The average Bonchev–Trinajstić information content (AvgIpc) is 2.47. The molecule has 20 heavy (non-hydrogen) atoms. The zero-order valence-electron chi connectivity index (χ0n) is 11.5. The zero-order chi connectivity index (χ0) is 14.5. The Bertz CT molecular complexity index is 608. The Morgan fingerprint density at radius 3 is 2.50 bits per heavy atom. The molecule has 0 bridgehead atoms. The van der Waals surface area contributed by atoms with Crippen LogP contribution in [0.1, 0.15) is 21.5 Å². The van der Waals surface area contributed by atoms with E-state index >= 15 is 0 Å². The van der Waals surface area contributed by atoms with Crippen LogP contribution in [0.3, 0.4) is 0 Å². The van der Waals surface area contributed by atoms with E-state index in [4.69, 9.17) is 0 Å². The van der Waals surface area contributed by atoms with E-state index in [1.54, 1.807) is 7.05 Å². The molecule has 2 rings (SSSR count). The van der Waals surface area contributed by atoms with Crippen molar-refractivity contribution in [2.24, 2.45) is 0 Å². The van der Waals surface area contributed by atoms with E-state index in [0.717, 1.165) is 22.3 Å². The van der Waals surface area contributed by atoms with Crippen LogP contribution in [0, 0.1) is 6.92 Å². The number of halogens is 1. The summed E-state index contributed by atoms with van der Waals surface area (Å²) < 4.78 is 1.07. The van der Waals surface area contributed by atoms with Crippen molar-refractivity contribution >= 4 is 27.5 Å². The van der Waals surface area contributed by atoms with E-state index in [-0.39, 0.29) is 5.91 Å². The van der Waals surface area contributed by atoms with Gasteiger partial charge in [-0.1, -0.05) is 34.1 Å². The molecule has 3 nitrogen and oxygen atoms in total. The Morgan fingerprint density at radius 2 is 1.85 bits per heavy atom. The lowest BCUT2D eigenvalue weighted by molar-refractivity contribution is 0.0962. The summed E-state index contributed by atoms with van der Waals surface area (Å²) in [4.78, 5) is 11.8. The molecule has 0 fully saturated rings. The molecule has 104 valence electrons. The van der Waals surface area contributed by atoms with Gasteiger partial charge in [-0.05, 0) is 42.3 Å². The molecule has 0 aromatic heterocycles. The van der Waals surface area contributed by atoms with Gasteiger partial charge in [0, 0.05) is 29.3 Å². The molecule has 0 heterocycles. The van der Waals surface area contributed by atoms with Crippen molar-refractivity contribution in [3.8, 4) is 0 Å². The topological polar surface area (TPSA) is 41.1 Å². The smallest absolute Gasteiger partial charge is 0.251 e. The molecule has 0 saturated heterocycles. The molecule has 0 aliphatic rings. The largest absolute Gasteiger partial charge is 0.381 e. The van der Waals surface area contributed by atoms with Crippen molar-refractivity contribution < 1.29 is 4.79 Å². The first kappa shape index (κ1) is 14.6. The van der Waals surface area contributed by atoms with E-state index in [2.05, 4.69) is 38.7 Å². The van der Waals surface area contributed by atoms with Gasteiger partial charge in [0.15, 0.2) is 0 Å². The summed E-state index contributed by atoms with van der Waals surface area (Å²) in [5, 5.41) is 6.03. The van der Waals surface area contributed by atoms with Crippen LogP contribution >= 0.6 is 15.9 Å². The minimum absolute atomic E-state index is 0.0604. The van der Waals surface area contributed by atoms with Crippen LogP contribution in [0.4, 0.5) is 5.69 Å². The Labute approximate surface area is 127 Å². The van der Waals surface area contributed by atoms with Crippen LogP contribution in [0.15, 0.2) is 46.9 Å². The molecule has 2 N–H and O–H groups in total. The summed E-state index contributed by atoms with van der Waals surface area (Å²) in [6.45, 7) is 2.68. The molecular formula is C16H17BrN2O. The number of rotatable bonds is 4. The first-order chi connectivity index (χ1) is 9.61. The molecule has 0 aliphatic heterocycles. The SMILES string of the molecule is CNC(=O)c1cccc(NCc2ccc(Br)cc2)c1C. The zero-order valence-corrected chi connectivity index (χ0v) is 13.1. The summed E-state index contributed by atoms with van der Waals surface area (Å²) in [5.41, 5.74) is 3.84. The third kappa shape index (κ3) is 3.39. The molecule has 0 unspecified atom stereocenters. The Hall–Kier alpha value is -1.81. The highest BCUT2D eigenvalue weighted by Gasteiger charge is 2.09. The van der Waals surface area contributed by atoms with Crippen LogP contribution in [-0.2, 0) is 6.54 Å². The Balaban J connectivity index is 2.13. The number of anilines is 1. The Morgan fingerprint density at radius 1 is 1.15 bits per heavy atom.